The van der Waals surface area contributed by atoms with Crippen molar-refractivity contribution in [1.82, 2.24) is 15.0 Å². The van der Waals surface area contributed by atoms with Gasteiger partial charge in [-0.3, -0.25) is 4.79 Å². The Bertz CT molecular complexity index is 665. The number of thiophene rings is 1. The van der Waals surface area contributed by atoms with Crippen molar-refractivity contribution in [3.8, 4) is 0 Å². The highest BCUT2D eigenvalue weighted by Crippen LogP contribution is 2.36. The van der Waals surface area contributed by atoms with E-state index in [-0.39, 0.29) is 12.5 Å². The van der Waals surface area contributed by atoms with Gasteiger partial charge in [-0.1, -0.05) is 5.16 Å². The van der Waals surface area contributed by atoms with Crippen LogP contribution < -0.4 is 5.73 Å². The number of carbonyl (C=O) groups is 1. The third-order valence-electron chi connectivity index (χ3n) is 3.66. The maximum absolute atomic E-state index is 12.2. The number of nitrogens with zero attached hydrogens (tertiary/aromatic N) is 3. The molecule has 0 aliphatic heterocycles. The molecule has 2 heterocycles. The van der Waals surface area contributed by atoms with E-state index in [1.54, 1.807) is 18.0 Å². The van der Waals surface area contributed by atoms with Gasteiger partial charge in [0.1, 0.15) is 6.54 Å². The van der Waals surface area contributed by atoms with Gasteiger partial charge in [-0.15, -0.1) is 11.3 Å². The van der Waals surface area contributed by atoms with Crippen molar-refractivity contribution in [3.05, 3.63) is 32.5 Å². The first-order valence-electron chi connectivity index (χ1n) is 6.61. The first-order valence-corrected chi connectivity index (χ1v) is 8.22. The Morgan fingerprint density at radius 1 is 1.57 bits per heavy atom. The van der Waals surface area contributed by atoms with Crippen LogP contribution in [0.15, 0.2) is 20.4 Å². The summed E-state index contributed by atoms with van der Waals surface area (Å²) in [7, 11) is 1.71. The smallest absolute Gasteiger partial charge is 0.264 e. The third-order valence-corrected chi connectivity index (χ3v) is 5.27. The van der Waals surface area contributed by atoms with Crippen LogP contribution in [0.3, 0.4) is 0 Å². The fraction of sp³-hybridized carbons (Fsp3) is 0.462. The zero-order chi connectivity index (χ0) is 15.0. The second kappa shape index (κ2) is 5.51. The molecule has 8 heteroatoms. The Morgan fingerprint density at radius 3 is 2.90 bits per heavy atom. The van der Waals surface area contributed by atoms with Crippen LogP contribution in [0.2, 0.25) is 0 Å². The molecule has 3 rings (SSSR count). The quantitative estimate of drug-likeness (QED) is 0.893. The van der Waals surface area contributed by atoms with Gasteiger partial charge in [-0.2, -0.15) is 4.98 Å². The van der Waals surface area contributed by atoms with Crippen molar-refractivity contribution in [2.24, 2.45) is 5.73 Å². The first-order chi connectivity index (χ1) is 9.98. The maximum atomic E-state index is 12.2. The Balaban J connectivity index is 1.67. The van der Waals surface area contributed by atoms with Gasteiger partial charge in [0.05, 0.1) is 14.2 Å². The maximum Gasteiger partial charge on any atom is 0.264 e. The summed E-state index contributed by atoms with van der Waals surface area (Å²) in [6, 6.07) is 3.64. The third kappa shape index (κ3) is 2.88. The van der Waals surface area contributed by atoms with E-state index in [0.717, 1.165) is 23.0 Å². The van der Waals surface area contributed by atoms with Gasteiger partial charge in [0.2, 0.25) is 5.89 Å². The van der Waals surface area contributed by atoms with Gasteiger partial charge in [-0.05, 0) is 47.3 Å². The van der Waals surface area contributed by atoms with Crippen molar-refractivity contribution < 1.29 is 9.32 Å². The lowest BCUT2D eigenvalue weighted by Gasteiger charge is -2.34. The lowest BCUT2D eigenvalue weighted by Crippen LogP contribution is -2.44. The minimum absolute atomic E-state index is 0.0726. The molecule has 1 fully saturated rings. The number of halogens is 1. The normalized spacial score (nSPS) is 16.5. The highest BCUT2D eigenvalue weighted by molar-refractivity contribution is 9.11. The fourth-order valence-electron chi connectivity index (χ4n) is 2.19. The Morgan fingerprint density at radius 2 is 2.33 bits per heavy atom. The van der Waals surface area contributed by atoms with Gasteiger partial charge in [0.15, 0.2) is 5.82 Å². The van der Waals surface area contributed by atoms with Gasteiger partial charge >= 0.3 is 0 Å². The minimum Gasteiger partial charge on any atom is -0.337 e. The van der Waals surface area contributed by atoms with Crippen LogP contribution in [0.4, 0.5) is 0 Å². The second-order valence-electron chi connectivity index (χ2n) is 5.29. The zero-order valence-electron chi connectivity index (χ0n) is 11.5. The molecule has 0 saturated heterocycles. The SMILES string of the molecule is CN(Cc1nc(C2(N)CCC2)no1)C(=O)c1ccc(Br)s1. The summed E-state index contributed by atoms with van der Waals surface area (Å²) in [5, 5.41) is 3.95. The highest BCUT2D eigenvalue weighted by atomic mass is 79.9. The van der Waals surface area contributed by atoms with Gasteiger partial charge in [0, 0.05) is 7.05 Å². The summed E-state index contributed by atoms with van der Waals surface area (Å²) in [5.74, 6) is 0.883. The molecule has 0 bridgehead atoms. The summed E-state index contributed by atoms with van der Waals surface area (Å²) in [5.41, 5.74) is 5.71. The van der Waals surface area contributed by atoms with Gasteiger partial charge in [0.25, 0.3) is 5.91 Å². The highest BCUT2D eigenvalue weighted by Gasteiger charge is 2.39. The average Bonchev–Trinajstić information content (AvgIpc) is 3.04. The number of aromatic nitrogens is 2. The number of carbonyl (C=O) groups excluding carboxylic acids is 1. The minimum atomic E-state index is -0.442. The molecule has 21 heavy (non-hydrogen) atoms. The van der Waals surface area contributed by atoms with Crippen molar-refractivity contribution in [2.45, 2.75) is 31.3 Å². The molecule has 1 amide bonds. The summed E-state index contributed by atoms with van der Waals surface area (Å²) >= 11 is 4.74. The summed E-state index contributed by atoms with van der Waals surface area (Å²) in [4.78, 5) is 18.8. The number of hydrogen-bond acceptors (Lipinski definition) is 6. The summed E-state index contributed by atoms with van der Waals surface area (Å²) in [6.45, 7) is 0.275. The number of nitrogens with two attached hydrogens (primary N) is 1. The monoisotopic (exact) mass is 370 g/mol. The van der Waals surface area contributed by atoms with E-state index in [4.69, 9.17) is 10.3 Å². The van der Waals surface area contributed by atoms with E-state index < -0.39 is 5.54 Å². The standard InChI is InChI=1S/C13H15BrN4O2S/c1-18(11(19)8-3-4-9(14)21-8)7-10-16-12(17-20-10)13(15)5-2-6-13/h3-4H,2,5-7,15H2,1H3. The van der Waals surface area contributed by atoms with Crippen LogP contribution in [0, 0.1) is 0 Å². The molecule has 2 N–H and O–H groups in total. The predicted octanol–water partition coefficient (Wildman–Crippen LogP) is 2.50. The van der Waals surface area contributed by atoms with Crippen molar-refractivity contribution in [2.75, 3.05) is 7.05 Å². The van der Waals surface area contributed by atoms with Crippen molar-refractivity contribution >= 4 is 33.2 Å². The van der Waals surface area contributed by atoms with E-state index in [1.807, 2.05) is 6.07 Å². The van der Waals surface area contributed by atoms with Crippen molar-refractivity contribution in [3.63, 3.8) is 0 Å². The fourth-order valence-corrected chi connectivity index (χ4v) is 3.58. The molecule has 112 valence electrons. The lowest BCUT2D eigenvalue weighted by atomic mass is 9.77. The first kappa shape index (κ1) is 14.7. The molecule has 1 aliphatic rings. The average molecular weight is 371 g/mol. The largest absolute Gasteiger partial charge is 0.337 e. The van der Waals surface area contributed by atoms with Crippen molar-refractivity contribution in [1.29, 1.82) is 0 Å². The van der Waals surface area contributed by atoms with Crippen LogP contribution in [-0.4, -0.2) is 28.0 Å². The van der Waals surface area contributed by atoms with Crippen LogP contribution in [-0.2, 0) is 12.1 Å². The Kier molecular flexibility index (Phi) is 3.85. The zero-order valence-corrected chi connectivity index (χ0v) is 13.9. The number of amides is 1. The summed E-state index contributed by atoms with van der Waals surface area (Å²) in [6.07, 6.45) is 2.85. The molecule has 6 nitrogen and oxygen atoms in total. The van der Waals surface area contributed by atoms with E-state index >= 15 is 0 Å². The molecule has 0 radical (unpaired) electrons. The number of rotatable bonds is 4. The molecular weight excluding hydrogens is 356 g/mol. The van der Waals surface area contributed by atoms with Crippen LogP contribution in [0.5, 0.6) is 0 Å². The molecule has 2 aromatic rings. The molecular formula is C13H15BrN4O2S. The van der Waals surface area contributed by atoms with Crippen LogP contribution in [0.1, 0.15) is 40.6 Å². The molecule has 1 saturated carbocycles. The molecule has 1 aliphatic carbocycles. The second-order valence-corrected chi connectivity index (χ2v) is 7.75. The Labute approximate surface area is 134 Å². The molecule has 0 spiro atoms. The number of hydrogen-bond donors (Lipinski definition) is 1. The Hall–Kier alpha value is -1.25. The molecule has 0 unspecified atom stereocenters. The summed E-state index contributed by atoms with van der Waals surface area (Å²) < 4.78 is 6.13. The van der Waals surface area contributed by atoms with E-state index in [2.05, 4.69) is 26.1 Å². The van der Waals surface area contributed by atoms with Crippen LogP contribution in [0.25, 0.3) is 0 Å². The van der Waals surface area contributed by atoms with E-state index in [0.29, 0.717) is 16.6 Å². The predicted molar refractivity (Wildman–Crippen MR) is 81.8 cm³/mol. The van der Waals surface area contributed by atoms with Gasteiger partial charge < -0.3 is 15.2 Å². The topological polar surface area (TPSA) is 85.2 Å². The lowest BCUT2D eigenvalue weighted by molar-refractivity contribution is 0.0774. The van der Waals surface area contributed by atoms with E-state index in [1.165, 1.54) is 11.3 Å². The van der Waals surface area contributed by atoms with Gasteiger partial charge in [-0.25, -0.2) is 0 Å². The molecule has 0 atom stereocenters. The van der Waals surface area contributed by atoms with Crippen LogP contribution >= 0.6 is 27.3 Å². The molecule has 0 aromatic carbocycles. The van der Waals surface area contributed by atoms with E-state index in [9.17, 15) is 4.79 Å². The molecule has 2 aromatic heterocycles.